The van der Waals surface area contributed by atoms with E-state index in [9.17, 15) is 13.2 Å². The van der Waals surface area contributed by atoms with Crippen molar-refractivity contribution in [3.05, 3.63) is 0 Å². The fourth-order valence-electron chi connectivity index (χ4n) is 2.28. The minimum atomic E-state index is -4.42. The van der Waals surface area contributed by atoms with E-state index >= 15 is 0 Å². The lowest BCUT2D eigenvalue weighted by atomic mass is 9.33. The highest BCUT2D eigenvalue weighted by Crippen LogP contribution is 2.61. The molecule has 0 atom stereocenters. The molecule has 0 nitrogen and oxygen atoms in total. The smallest absolute Gasteiger partial charge is 0.171 e. The maximum absolute atomic E-state index is 13.1. The lowest BCUT2D eigenvalue weighted by Crippen LogP contribution is -2.51. The van der Waals surface area contributed by atoms with Crippen molar-refractivity contribution < 1.29 is 13.2 Å². The van der Waals surface area contributed by atoms with Gasteiger partial charge in [0, 0.05) is 0 Å². The molecule has 0 unspecified atom stereocenters. The molecule has 0 aliphatic carbocycles. The summed E-state index contributed by atoms with van der Waals surface area (Å²) in [6.45, 7) is 7.72. The Morgan fingerprint density at radius 3 is 1.68 bits per heavy atom. The molecule has 0 aliphatic heterocycles. The monoisotopic (exact) mass is 272 g/mol. The van der Waals surface area contributed by atoms with Gasteiger partial charge in [-0.2, -0.15) is 13.2 Å². The van der Waals surface area contributed by atoms with Crippen LogP contribution in [0, 0.1) is 10.8 Å². The minimum Gasteiger partial charge on any atom is -0.171 e. The third-order valence-corrected chi connectivity index (χ3v) is 4.52. The Morgan fingerprint density at radius 1 is 0.842 bits per heavy atom. The Morgan fingerprint density at radius 2 is 1.32 bits per heavy atom. The van der Waals surface area contributed by atoms with Crippen LogP contribution in [-0.4, -0.2) is 21.9 Å². The van der Waals surface area contributed by atoms with E-state index < -0.39 is 22.2 Å². The summed E-state index contributed by atoms with van der Waals surface area (Å²) in [5.74, 6) is 0. The van der Waals surface area contributed by atoms with Crippen molar-refractivity contribution in [3.8, 4) is 0 Å². The second-order valence-corrected chi connectivity index (χ2v) is 6.69. The number of hydrogen-bond acceptors (Lipinski definition) is 0. The summed E-state index contributed by atoms with van der Waals surface area (Å²) in [6.07, 6.45) is 0.204. The molecule has 0 aromatic heterocycles. The quantitative estimate of drug-likeness (QED) is 0.450. The predicted molar refractivity (Wildman–Crippen MR) is 76.6 cm³/mol. The summed E-state index contributed by atoms with van der Waals surface area (Å²) in [6, 6.07) is 0. The highest BCUT2D eigenvalue weighted by molar-refractivity contribution is 6.41. The molecule has 5 heteroatoms. The number of rotatable bonds is 7. The SMILES string of the molecule is [B]C([B])(C(C)(C)CCCCCC)C(C)(C)C(F)(F)F. The highest BCUT2D eigenvalue weighted by Gasteiger charge is 2.59. The number of hydrogen-bond donors (Lipinski definition) is 0. The first kappa shape index (κ1) is 18.9. The normalized spacial score (nSPS) is 14.7. The van der Waals surface area contributed by atoms with Gasteiger partial charge in [0.1, 0.15) is 0 Å². The van der Waals surface area contributed by atoms with Gasteiger partial charge in [0.25, 0.3) is 0 Å². The second kappa shape index (κ2) is 6.13. The minimum absolute atomic E-state index is 0.597. The largest absolute Gasteiger partial charge is 0.393 e. The lowest BCUT2D eigenvalue weighted by Gasteiger charge is -2.54. The van der Waals surface area contributed by atoms with Gasteiger partial charge in [-0.15, -0.1) is 0 Å². The van der Waals surface area contributed by atoms with E-state index in [2.05, 4.69) is 6.92 Å². The zero-order valence-electron chi connectivity index (χ0n) is 12.8. The van der Waals surface area contributed by atoms with E-state index in [1.54, 1.807) is 13.8 Å². The molecule has 0 aliphatic rings. The zero-order valence-corrected chi connectivity index (χ0v) is 12.8. The molecule has 0 bridgehead atoms. The van der Waals surface area contributed by atoms with Crippen LogP contribution in [0.2, 0.25) is 5.21 Å². The molecule has 0 saturated carbocycles. The van der Waals surface area contributed by atoms with Gasteiger partial charge in [-0.1, -0.05) is 65.5 Å². The van der Waals surface area contributed by atoms with Crippen LogP contribution in [0.5, 0.6) is 0 Å². The zero-order chi connectivity index (χ0) is 15.5. The van der Waals surface area contributed by atoms with Gasteiger partial charge in [-0.05, 0) is 11.8 Å². The Hall–Kier alpha value is -0.0801. The van der Waals surface area contributed by atoms with Crippen molar-refractivity contribution in [2.45, 2.75) is 78.1 Å². The Labute approximate surface area is 118 Å². The summed E-state index contributed by atoms with van der Waals surface area (Å²) < 4.78 is 39.4. The van der Waals surface area contributed by atoms with Gasteiger partial charge in [0.2, 0.25) is 0 Å². The molecule has 0 saturated heterocycles. The van der Waals surface area contributed by atoms with Crippen molar-refractivity contribution in [1.82, 2.24) is 0 Å². The van der Waals surface area contributed by atoms with Crippen LogP contribution in [0.1, 0.15) is 66.7 Å². The molecule has 19 heavy (non-hydrogen) atoms. The fourth-order valence-corrected chi connectivity index (χ4v) is 2.28. The molecule has 0 rings (SSSR count). The molecule has 0 amide bonds. The molecule has 4 radical (unpaired) electrons. The van der Waals surface area contributed by atoms with Crippen LogP contribution < -0.4 is 0 Å². The van der Waals surface area contributed by atoms with Crippen LogP contribution in [0.25, 0.3) is 0 Å². The Kier molecular flexibility index (Phi) is 6.11. The Bertz CT molecular complexity index is 281. The van der Waals surface area contributed by atoms with Gasteiger partial charge in [0.15, 0.2) is 0 Å². The molecule has 0 N–H and O–H groups in total. The third kappa shape index (κ3) is 3.95. The first-order valence-corrected chi connectivity index (χ1v) is 6.95. The van der Waals surface area contributed by atoms with Gasteiger partial charge in [-0.25, -0.2) is 0 Å². The van der Waals surface area contributed by atoms with E-state index in [0.29, 0.717) is 6.42 Å². The van der Waals surface area contributed by atoms with Crippen molar-refractivity contribution in [1.29, 1.82) is 0 Å². The van der Waals surface area contributed by atoms with Gasteiger partial charge in [0.05, 0.1) is 21.1 Å². The van der Waals surface area contributed by atoms with Crippen molar-refractivity contribution in [2.24, 2.45) is 10.8 Å². The molecule has 0 aromatic carbocycles. The molecule has 0 spiro atoms. The Balaban J connectivity index is 4.96. The number of alkyl halides is 3. The first-order chi connectivity index (χ1) is 8.31. The van der Waals surface area contributed by atoms with Gasteiger partial charge >= 0.3 is 6.18 Å². The van der Waals surface area contributed by atoms with E-state index in [1.165, 1.54) is 0 Å². The van der Waals surface area contributed by atoms with Gasteiger partial charge < -0.3 is 0 Å². The summed E-state index contributed by atoms with van der Waals surface area (Å²) >= 11 is 0. The average molecular weight is 272 g/mol. The molecule has 0 heterocycles. The van der Waals surface area contributed by atoms with Crippen LogP contribution >= 0.6 is 0 Å². The molecule has 108 valence electrons. The molecular formula is C14H25B2F3. The third-order valence-electron chi connectivity index (χ3n) is 4.52. The highest BCUT2D eigenvalue weighted by atomic mass is 19.4. The maximum atomic E-state index is 13.1. The van der Waals surface area contributed by atoms with E-state index in [1.807, 2.05) is 0 Å². The first-order valence-electron chi connectivity index (χ1n) is 6.95. The summed E-state index contributed by atoms with van der Waals surface area (Å²) in [7, 11) is 11.9. The second-order valence-electron chi connectivity index (χ2n) is 6.69. The average Bonchev–Trinajstić information content (AvgIpc) is 2.22. The summed E-state index contributed by atoms with van der Waals surface area (Å²) in [4.78, 5) is 0. The summed E-state index contributed by atoms with van der Waals surface area (Å²) in [5, 5.41) is -1.80. The van der Waals surface area contributed by atoms with Gasteiger partial charge in [-0.3, -0.25) is 0 Å². The molecular weight excluding hydrogens is 247 g/mol. The number of halogens is 3. The lowest BCUT2D eigenvalue weighted by molar-refractivity contribution is -0.226. The molecule has 0 aromatic rings. The van der Waals surface area contributed by atoms with E-state index in [4.69, 9.17) is 15.7 Å². The van der Waals surface area contributed by atoms with Crippen molar-refractivity contribution in [3.63, 3.8) is 0 Å². The van der Waals surface area contributed by atoms with Crippen LogP contribution in [0.3, 0.4) is 0 Å². The standard InChI is InChI=1S/C14H25B2F3/c1-6-7-8-9-10-11(2,3)13(15,16)12(4,5)14(17,18)19/h6-10H2,1-5H3. The van der Waals surface area contributed by atoms with Crippen LogP contribution in [-0.2, 0) is 0 Å². The van der Waals surface area contributed by atoms with Crippen LogP contribution in [0.15, 0.2) is 0 Å². The topological polar surface area (TPSA) is 0 Å². The predicted octanol–water partition coefficient (Wildman–Crippen LogP) is 5.02. The van der Waals surface area contributed by atoms with Crippen molar-refractivity contribution in [2.75, 3.05) is 0 Å². The van der Waals surface area contributed by atoms with E-state index in [0.717, 1.165) is 39.5 Å². The van der Waals surface area contributed by atoms with E-state index in [-0.39, 0.29) is 0 Å². The molecule has 0 fully saturated rings. The van der Waals surface area contributed by atoms with Crippen molar-refractivity contribution >= 4 is 15.7 Å². The summed E-state index contributed by atoms with van der Waals surface area (Å²) in [5.41, 5.74) is -2.91. The number of unbranched alkanes of at least 4 members (excludes halogenated alkanes) is 3. The van der Waals surface area contributed by atoms with Crippen LogP contribution in [0.4, 0.5) is 13.2 Å². The maximum Gasteiger partial charge on any atom is 0.393 e. The fraction of sp³-hybridized carbons (Fsp3) is 1.00.